The minimum Gasteiger partial charge on any atom is -0.449 e. The van der Waals surface area contributed by atoms with Crippen molar-refractivity contribution in [3.8, 4) is 5.88 Å². The van der Waals surface area contributed by atoms with Crippen molar-refractivity contribution >= 4 is 12.1 Å². The van der Waals surface area contributed by atoms with Crippen molar-refractivity contribution in [2.45, 2.75) is 6.92 Å². The first-order valence-electron chi connectivity index (χ1n) is 4.37. The summed E-state index contributed by atoms with van der Waals surface area (Å²) in [5.74, 6) is -0.516. The Kier molecular flexibility index (Phi) is 3.68. The standard InChI is InChI=1S/C10H11NO4/c1-3-9(12)15-8-6-5-7-11(8)10(13)14-4-2/h3,5-7H,1,4H2,2H3. The van der Waals surface area contributed by atoms with Gasteiger partial charge in [0.05, 0.1) is 6.61 Å². The predicted octanol–water partition coefficient (Wildman–Crippen LogP) is 1.58. The maximum absolute atomic E-state index is 11.3. The van der Waals surface area contributed by atoms with E-state index in [0.29, 0.717) is 0 Å². The number of carbonyl (C=O) groups excluding carboxylic acids is 2. The molecule has 1 rings (SSSR count). The van der Waals surface area contributed by atoms with E-state index in [1.807, 2.05) is 0 Å². The molecule has 1 heterocycles. The highest BCUT2D eigenvalue weighted by Gasteiger charge is 2.12. The van der Waals surface area contributed by atoms with Crippen LogP contribution in [0.25, 0.3) is 0 Å². The van der Waals surface area contributed by atoms with Crippen molar-refractivity contribution in [2.75, 3.05) is 6.61 Å². The van der Waals surface area contributed by atoms with Gasteiger partial charge in [0.25, 0.3) is 0 Å². The Morgan fingerprint density at radius 2 is 2.33 bits per heavy atom. The number of hydrogen-bond donors (Lipinski definition) is 0. The van der Waals surface area contributed by atoms with Gasteiger partial charge >= 0.3 is 12.1 Å². The summed E-state index contributed by atoms with van der Waals surface area (Å²) in [4.78, 5) is 22.2. The Morgan fingerprint density at radius 1 is 1.60 bits per heavy atom. The molecule has 0 aliphatic rings. The molecule has 0 bridgehead atoms. The van der Waals surface area contributed by atoms with Crippen LogP contribution in [0.2, 0.25) is 0 Å². The zero-order valence-electron chi connectivity index (χ0n) is 8.30. The van der Waals surface area contributed by atoms with Gasteiger partial charge in [-0.3, -0.25) is 0 Å². The molecular weight excluding hydrogens is 198 g/mol. The highest BCUT2D eigenvalue weighted by molar-refractivity contribution is 5.84. The fourth-order valence-electron chi connectivity index (χ4n) is 0.937. The molecule has 0 radical (unpaired) electrons. The van der Waals surface area contributed by atoms with Crippen LogP contribution in [0.3, 0.4) is 0 Å². The first kappa shape index (κ1) is 11.0. The van der Waals surface area contributed by atoms with Crippen LogP contribution in [0.4, 0.5) is 4.79 Å². The largest absolute Gasteiger partial charge is 0.449 e. The SMILES string of the molecule is C=CC(=O)Oc1cccn1C(=O)OCC. The van der Waals surface area contributed by atoms with E-state index in [9.17, 15) is 9.59 Å². The molecular formula is C10H11NO4. The molecule has 5 heteroatoms. The van der Waals surface area contributed by atoms with Gasteiger partial charge in [-0.1, -0.05) is 6.58 Å². The zero-order valence-corrected chi connectivity index (χ0v) is 8.30. The molecule has 5 nitrogen and oxygen atoms in total. The number of hydrogen-bond acceptors (Lipinski definition) is 4. The molecule has 0 aliphatic heterocycles. The van der Waals surface area contributed by atoms with Crippen LogP contribution in [0.1, 0.15) is 6.92 Å². The van der Waals surface area contributed by atoms with Gasteiger partial charge in [-0.05, 0) is 13.0 Å². The molecule has 0 amide bonds. The Morgan fingerprint density at radius 3 is 2.93 bits per heavy atom. The summed E-state index contributed by atoms with van der Waals surface area (Å²) in [7, 11) is 0. The average Bonchev–Trinajstić information content (AvgIpc) is 2.66. The summed E-state index contributed by atoms with van der Waals surface area (Å²) in [5.41, 5.74) is 0. The molecule has 0 atom stereocenters. The molecule has 0 aliphatic carbocycles. The first-order valence-corrected chi connectivity index (χ1v) is 4.37. The Labute approximate surface area is 86.9 Å². The number of aromatic nitrogens is 1. The van der Waals surface area contributed by atoms with Gasteiger partial charge in [0, 0.05) is 18.3 Å². The molecule has 15 heavy (non-hydrogen) atoms. The molecule has 0 unspecified atom stereocenters. The lowest BCUT2D eigenvalue weighted by Gasteiger charge is -2.06. The van der Waals surface area contributed by atoms with Crippen LogP contribution in [0.15, 0.2) is 31.0 Å². The molecule has 0 N–H and O–H groups in total. The molecule has 0 saturated carbocycles. The van der Waals surface area contributed by atoms with E-state index in [1.165, 1.54) is 12.3 Å². The summed E-state index contributed by atoms with van der Waals surface area (Å²) in [5, 5.41) is 0. The Bertz CT molecular complexity index is 381. The maximum Gasteiger partial charge on any atom is 0.420 e. The van der Waals surface area contributed by atoms with Gasteiger partial charge in [0.1, 0.15) is 0 Å². The topological polar surface area (TPSA) is 57.5 Å². The quantitative estimate of drug-likeness (QED) is 0.560. The fourth-order valence-corrected chi connectivity index (χ4v) is 0.937. The molecule has 0 saturated heterocycles. The molecule has 80 valence electrons. The summed E-state index contributed by atoms with van der Waals surface area (Å²) in [6.45, 7) is 5.20. The summed E-state index contributed by atoms with van der Waals surface area (Å²) in [6.07, 6.45) is 1.88. The third-order valence-corrected chi connectivity index (χ3v) is 1.55. The second-order valence-corrected chi connectivity index (χ2v) is 2.54. The predicted molar refractivity (Wildman–Crippen MR) is 52.7 cm³/mol. The lowest BCUT2D eigenvalue weighted by atomic mass is 10.6. The van der Waals surface area contributed by atoms with Crippen molar-refractivity contribution in [1.82, 2.24) is 4.57 Å². The molecule has 0 aromatic carbocycles. The van der Waals surface area contributed by atoms with Crippen molar-refractivity contribution in [3.63, 3.8) is 0 Å². The monoisotopic (exact) mass is 209 g/mol. The second-order valence-electron chi connectivity index (χ2n) is 2.54. The van der Waals surface area contributed by atoms with E-state index < -0.39 is 12.1 Å². The van der Waals surface area contributed by atoms with E-state index in [0.717, 1.165) is 10.6 Å². The highest BCUT2D eigenvalue weighted by atomic mass is 16.6. The number of esters is 1. The second kappa shape index (κ2) is 4.99. The van der Waals surface area contributed by atoms with E-state index in [-0.39, 0.29) is 12.5 Å². The normalized spacial score (nSPS) is 9.40. The number of carbonyl (C=O) groups is 2. The third-order valence-electron chi connectivity index (χ3n) is 1.55. The van der Waals surface area contributed by atoms with Crippen LogP contribution in [-0.4, -0.2) is 23.2 Å². The van der Waals surface area contributed by atoms with E-state index >= 15 is 0 Å². The fraction of sp³-hybridized carbons (Fsp3) is 0.200. The van der Waals surface area contributed by atoms with Crippen LogP contribution < -0.4 is 4.74 Å². The summed E-state index contributed by atoms with van der Waals surface area (Å²) in [6, 6.07) is 3.06. The number of rotatable bonds is 3. The van der Waals surface area contributed by atoms with Crippen molar-refractivity contribution in [2.24, 2.45) is 0 Å². The summed E-state index contributed by atoms with van der Waals surface area (Å²) >= 11 is 0. The van der Waals surface area contributed by atoms with Gasteiger partial charge in [0.2, 0.25) is 5.88 Å². The smallest absolute Gasteiger partial charge is 0.420 e. The molecule has 1 aromatic rings. The molecule has 0 spiro atoms. The number of nitrogens with zero attached hydrogens (tertiary/aromatic N) is 1. The minimum atomic E-state index is -0.626. The maximum atomic E-state index is 11.3. The molecule has 1 aromatic heterocycles. The highest BCUT2D eigenvalue weighted by Crippen LogP contribution is 2.12. The van der Waals surface area contributed by atoms with E-state index in [2.05, 4.69) is 6.58 Å². The minimum absolute atomic E-state index is 0.110. The van der Waals surface area contributed by atoms with E-state index in [4.69, 9.17) is 9.47 Å². The van der Waals surface area contributed by atoms with Crippen LogP contribution in [0.5, 0.6) is 5.88 Å². The van der Waals surface area contributed by atoms with E-state index in [1.54, 1.807) is 13.0 Å². The molecule has 0 fully saturated rings. The Balaban J connectivity index is 2.81. The van der Waals surface area contributed by atoms with Crippen molar-refractivity contribution in [1.29, 1.82) is 0 Å². The average molecular weight is 209 g/mol. The van der Waals surface area contributed by atoms with Gasteiger partial charge < -0.3 is 9.47 Å². The van der Waals surface area contributed by atoms with Crippen LogP contribution in [-0.2, 0) is 9.53 Å². The van der Waals surface area contributed by atoms with Gasteiger partial charge in [0.15, 0.2) is 0 Å². The van der Waals surface area contributed by atoms with Crippen LogP contribution in [0, 0.1) is 0 Å². The lowest BCUT2D eigenvalue weighted by molar-refractivity contribution is -0.129. The Hall–Kier alpha value is -2.04. The van der Waals surface area contributed by atoms with Gasteiger partial charge in [-0.2, -0.15) is 0 Å². The lowest BCUT2D eigenvalue weighted by Crippen LogP contribution is -2.16. The van der Waals surface area contributed by atoms with Gasteiger partial charge in [-0.15, -0.1) is 0 Å². The third kappa shape index (κ3) is 2.70. The summed E-state index contributed by atoms with van der Waals surface area (Å²) < 4.78 is 10.7. The van der Waals surface area contributed by atoms with Crippen LogP contribution >= 0.6 is 0 Å². The van der Waals surface area contributed by atoms with Crippen molar-refractivity contribution in [3.05, 3.63) is 31.0 Å². The number of ether oxygens (including phenoxy) is 2. The van der Waals surface area contributed by atoms with Gasteiger partial charge in [-0.25, -0.2) is 14.2 Å². The first-order chi connectivity index (χ1) is 7.19. The van der Waals surface area contributed by atoms with Crippen molar-refractivity contribution < 1.29 is 19.1 Å². The zero-order chi connectivity index (χ0) is 11.3.